The minimum Gasteiger partial charge on any atom is -0.399 e. The van der Waals surface area contributed by atoms with Gasteiger partial charge in [-0.2, -0.15) is 0 Å². The number of hydrogen-bond donors (Lipinski definition) is 2. The van der Waals surface area contributed by atoms with Crippen molar-refractivity contribution in [2.45, 2.75) is 64.4 Å². The number of aliphatic hydroxyl groups is 1. The highest BCUT2D eigenvalue weighted by atomic mass is 19.2. The van der Waals surface area contributed by atoms with E-state index in [0.29, 0.717) is 13.0 Å². The maximum absolute atomic E-state index is 14.6. The van der Waals surface area contributed by atoms with Crippen LogP contribution in [0.4, 0.5) is 8.78 Å². The number of halogens is 2. The number of nitrogens with one attached hydrogen (secondary N) is 1. The summed E-state index contributed by atoms with van der Waals surface area (Å²) in [4.78, 5) is 12.6. The Kier molecular flexibility index (Phi) is 5.57. The zero-order valence-corrected chi connectivity index (χ0v) is 16.8. The smallest absolute Gasteiger partial charge is 0.399 e. The molecule has 2 aliphatic rings. The van der Waals surface area contributed by atoms with Crippen molar-refractivity contribution in [1.29, 1.82) is 0 Å². The number of rotatable bonds is 3. The van der Waals surface area contributed by atoms with Crippen molar-refractivity contribution in [1.82, 2.24) is 5.32 Å². The minimum absolute atomic E-state index is 0.0218. The van der Waals surface area contributed by atoms with Crippen LogP contribution >= 0.6 is 0 Å². The first-order valence-electron chi connectivity index (χ1n) is 9.35. The topological polar surface area (TPSA) is 77.0 Å². The van der Waals surface area contributed by atoms with Gasteiger partial charge < -0.3 is 24.5 Å². The van der Waals surface area contributed by atoms with Gasteiger partial charge in [-0.05, 0) is 58.1 Å². The Balaban J connectivity index is 1.92. The lowest BCUT2D eigenvalue weighted by molar-refractivity contribution is -0.0140. The van der Waals surface area contributed by atoms with Gasteiger partial charge in [0.05, 0.1) is 35.5 Å². The molecule has 0 radical (unpaired) electrons. The molecule has 1 amide bonds. The summed E-state index contributed by atoms with van der Waals surface area (Å²) < 4.78 is 46.2. The van der Waals surface area contributed by atoms with Gasteiger partial charge in [0.15, 0.2) is 11.6 Å². The van der Waals surface area contributed by atoms with Crippen LogP contribution in [-0.2, 0) is 14.0 Å². The van der Waals surface area contributed by atoms with Gasteiger partial charge in [-0.15, -0.1) is 0 Å². The largest absolute Gasteiger partial charge is 0.495 e. The average molecular weight is 397 g/mol. The summed E-state index contributed by atoms with van der Waals surface area (Å²) in [6.07, 6.45) is -0.451. The van der Waals surface area contributed by atoms with Gasteiger partial charge in [0.25, 0.3) is 5.91 Å². The molecule has 2 heterocycles. The molecule has 154 valence electrons. The third-order valence-electron chi connectivity index (χ3n) is 5.88. The number of aliphatic hydroxyl groups excluding tert-OH is 1. The number of carbonyl (C=O) groups excluding carboxylic acids is 1. The van der Waals surface area contributed by atoms with Gasteiger partial charge in [0.2, 0.25) is 0 Å². The van der Waals surface area contributed by atoms with Crippen LogP contribution in [0.5, 0.6) is 0 Å². The first-order chi connectivity index (χ1) is 12.9. The predicted octanol–water partition coefficient (Wildman–Crippen LogP) is 1.45. The van der Waals surface area contributed by atoms with Gasteiger partial charge in [0.1, 0.15) is 0 Å². The van der Waals surface area contributed by atoms with E-state index in [4.69, 9.17) is 14.0 Å². The van der Waals surface area contributed by atoms with E-state index in [1.165, 1.54) is 13.0 Å². The van der Waals surface area contributed by atoms with Crippen molar-refractivity contribution in [2.24, 2.45) is 0 Å². The summed E-state index contributed by atoms with van der Waals surface area (Å²) >= 11 is 0. The van der Waals surface area contributed by atoms with Crippen molar-refractivity contribution in [3.8, 4) is 0 Å². The Labute approximate surface area is 163 Å². The molecule has 1 aromatic carbocycles. The molecule has 1 aromatic rings. The molecule has 2 saturated heterocycles. The van der Waals surface area contributed by atoms with Gasteiger partial charge in [0, 0.05) is 6.61 Å². The van der Waals surface area contributed by atoms with E-state index < -0.39 is 53.6 Å². The van der Waals surface area contributed by atoms with Crippen LogP contribution in [0.2, 0.25) is 0 Å². The van der Waals surface area contributed by atoms with E-state index in [2.05, 4.69) is 5.32 Å². The second-order valence-corrected chi connectivity index (χ2v) is 8.37. The van der Waals surface area contributed by atoms with Gasteiger partial charge >= 0.3 is 7.12 Å². The van der Waals surface area contributed by atoms with E-state index >= 15 is 0 Å². The number of hydrogen-bond acceptors (Lipinski definition) is 5. The van der Waals surface area contributed by atoms with Crippen molar-refractivity contribution < 1.29 is 32.7 Å². The molecule has 3 rings (SSSR count). The lowest BCUT2D eigenvalue weighted by Crippen LogP contribution is -2.50. The molecule has 2 atom stereocenters. The first-order valence-corrected chi connectivity index (χ1v) is 9.35. The zero-order chi connectivity index (χ0) is 20.9. The van der Waals surface area contributed by atoms with Crippen molar-refractivity contribution in [3.05, 3.63) is 28.8 Å². The number of benzene rings is 1. The molecule has 6 nitrogen and oxygen atoms in total. The lowest BCUT2D eigenvalue weighted by Gasteiger charge is -2.32. The second kappa shape index (κ2) is 7.37. The fraction of sp³-hybridized carbons (Fsp3) is 0.632. The third-order valence-corrected chi connectivity index (χ3v) is 5.88. The van der Waals surface area contributed by atoms with Gasteiger partial charge in [-0.3, -0.25) is 4.79 Å². The molecule has 2 aliphatic heterocycles. The molecule has 0 aliphatic carbocycles. The van der Waals surface area contributed by atoms with Crippen LogP contribution in [0.15, 0.2) is 6.07 Å². The summed E-state index contributed by atoms with van der Waals surface area (Å²) in [5.74, 6) is -3.21. The first kappa shape index (κ1) is 21.2. The predicted molar refractivity (Wildman–Crippen MR) is 99.5 cm³/mol. The summed E-state index contributed by atoms with van der Waals surface area (Å²) in [6.45, 7) is 9.29. The fourth-order valence-electron chi connectivity index (χ4n) is 3.23. The summed E-state index contributed by atoms with van der Waals surface area (Å²) in [5, 5.41) is 12.5. The maximum atomic E-state index is 14.6. The Bertz CT molecular complexity index is 770. The monoisotopic (exact) mass is 397 g/mol. The molecular weight excluding hydrogens is 371 g/mol. The number of ether oxygens (including phenoxy) is 1. The van der Waals surface area contributed by atoms with Crippen LogP contribution in [0.25, 0.3) is 0 Å². The molecule has 0 saturated carbocycles. The molecule has 2 N–H and O–H groups in total. The quantitative estimate of drug-likeness (QED) is 0.756. The van der Waals surface area contributed by atoms with Crippen LogP contribution in [-0.4, -0.2) is 54.7 Å². The van der Waals surface area contributed by atoms with Crippen LogP contribution < -0.4 is 10.8 Å². The van der Waals surface area contributed by atoms with Crippen molar-refractivity contribution in [3.63, 3.8) is 0 Å². The van der Waals surface area contributed by atoms with Gasteiger partial charge in [-0.25, -0.2) is 8.78 Å². The molecular formula is C19H26BF2NO5. The molecule has 0 aromatic heterocycles. The molecule has 0 bridgehead atoms. The standard InChI is InChI=1S/C19H26BF2NO5/c1-10-12(20-27-18(2,3)19(4,5)28-20)8-11(16(22)15(10)21)17(25)23-13-9-26-7-6-14(13)24/h8,13-14,24H,6-7,9H2,1-5H3,(H,23,25)/t13-,14-/m0/s1. The zero-order valence-electron chi connectivity index (χ0n) is 16.8. The fourth-order valence-corrected chi connectivity index (χ4v) is 3.23. The lowest BCUT2D eigenvalue weighted by atomic mass is 9.75. The molecule has 28 heavy (non-hydrogen) atoms. The molecule has 0 unspecified atom stereocenters. The molecule has 0 spiro atoms. The minimum atomic E-state index is -1.25. The SMILES string of the molecule is Cc1c(B2OC(C)(C)C(C)(C)O2)cc(C(=O)N[C@H]2COCC[C@@H]2O)c(F)c1F. The highest BCUT2D eigenvalue weighted by Crippen LogP contribution is 2.37. The van der Waals surface area contributed by atoms with E-state index in [1.54, 1.807) is 0 Å². The average Bonchev–Trinajstić information content (AvgIpc) is 2.82. The number of amides is 1. The Morgan fingerprint density at radius 1 is 1.21 bits per heavy atom. The van der Waals surface area contributed by atoms with E-state index in [9.17, 15) is 18.7 Å². The molecule has 9 heteroatoms. The van der Waals surface area contributed by atoms with E-state index in [1.807, 2.05) is 27.7 Å². The van der Waals surface area contributed by atoms with Crippen molar-refractivity contribution in [2.75, 3.05) is 13.2 Å². The summed E-state index contributed by atoms with van der Waals surface area (Å²) in [7, 11) is -0.935. The Morgan fingerprint density at radius 2 is 1.82 bits per heavy atom. The van der Waals surface area contributed by atoms with E-state index in [0.717, 1.165) is 0 Å². The highest BCUT2D eigenvalue weighted by Gasteiger charge is 2.52. The Hall–Kier alpha value is -1.55. The Morgan fingerprint density at radius 3 is 2.39 bits per heavy atom. The van der Waals surface area contributed by atoms with E-state index in [-0.39, 0.29) is 17.6 Å². The summed E-state index contributed by atoms with van der Waals surface area (Å²) in [6, 6.07) is 0.562. The van der Waals surface area contributed by atoms with Gasteiger partial charge in [-0.1, -0.05) is 0 Å². The molecule has 2 fully saturated rings. The second-order valence-electron chi connectivity index (χ2n) is 8.37. The maximum Gasteiger partial charge on any atom is 0.495 e. The van der Waals surface area contributed by atoms with Crippen LogP contribution in [0.3, 0.4) is 0 Å². The summed E-state index contributed by atoms with van der Waals surface area (Å²) in [5.41, 5.74) is -1.52. The number of carbonyl (C=O) groups is 1. The van der Waals surface area contributed by atoms with Crippen LogP contribution in [0, 0.1) is 18.6 Å². The van der Waals surface area contributed by atoms with Crippen LogP contribution in [0.1, 0.15) is 50.0 Å². The highest BCUT2D eigenvalue weighted by molar-refractivity contribution is 6.62. The third kappa shape index (κ3) is 3.68. The van der Waals surface area contributed by atoms with Crippen molar-refractivity contribution >= 4 is 18.5 Å². The normalized spacial score (nSPS) is 26.4.